The van der Waals surface area contributed by atoms with Gasteiger partial charge >= 0.3 is 0 Å². The van der Waals surface area contributed by atoms with Gasteiger partial charge in [0.05, 0.1) is 0 Å². The molecule has 70 valence electrons. The molecular weight excluding hydrogens is 162 g/mol. The topological polar surface area (TPSA) is 20.3 Å². The summed E-state index contributed by atoms with van der Waals surface area (Å²) in [5, 5.41) is 0. The van der Waals surface area contributed by atoms with Gasteiger partial charge in [0.1, 0.15) is 5.78 Å². The highest BCUT2D eigenvalue weighted by Gasteiger charge is 2.04. The van der Waals surface area contributed by atoms with Gasteiger partial charge in [-0.1, -0.05) is 18.2 Å². The molecule has 0 bridgehead atoms. The van der Waals surface area contributed by atoms with Gasteiger partial charge in [-0.2, -0.15) is 0 Å². The third kappa shape index (κ3) is 2.58. The number of hydrogen-bond acceptors (Lipinski definition) is 2. The van der Waals surface area contributed by atoms with Gasteiger partial charge in [0.25, 0.3) is 0 Å². The second kappa shape index (κ2) is 4.08. The van der Waals surface area contributed by atoms with Crippen molar-refractivity contribution in [2.75, 3.05) is 19.0 Å². The summed E-state index contributed by atoms with van der Waals surface area (Å²) in [6.45, 7) is 1.62. The number of carbonyl (C=O) groups excluding carboxylic acids is 1. The summed E-state index contributed by atoms with van der Waals surface area (Å²) in [4.78, 5) is 13.0. The molecule has 13 heavy (non-hydrogen) atoms. The van der Waals surface area contributed by atoms with Crippen molar-refractivity contribution < 1.29 is 4.79 Å². The average Bonchev–Trinajstić information content (AvgIpc) is 2.03. The third-order valence-corrected chi connectivity index (χ3v) is 1.91. The zero-order chi connectivity index (χ0) is 9.84. The van der Waals surface area contributed by atoms with E-state index in [4.69, 9.17) is 0 Å². The monoisotopic (exact) mass is 177 g/mol. The van der Waals surface area contributed by atoms with Crippen LogP contribution in [0.5, 0.6) is 0 Å². The maximum absolute atomic E-state index is 11.0. The largest absolute Gasteiger partial charge is 0.377 e. The molecule has 0 spiro atoms. The zero-order valence-electron chi connectivity index (χ0n) is 8.37. The Labute approximate surface area is 79.2 Å². The Morgan fingerprint density at radius 2 is 1.92 bits per heavy atom. The Bertz CT molecular complexity index is 305. The standard InChI is InChI=1S/C11H15NO/c1-9(13)8-10-6-4-5-7-11(10)12(2)3/h4-7H,8H2,1-3H3. The zero-order valence-corrected chi connectivity index (χ0v) is 8.37. The lowest BCUT2D eigenvalue weighted by atomic mass is 10.1. The first kappa shape index (κ1) is 9.78. The van der Waals surface area contributed by atoms with Gasteiger partial charge in [-0.15, -0.1) is 0 Å². The summed E-state index contributed by atoms with van der Waals surface area (Å²) in [6, 6.07) is 7.97. The van der Waals surface area contributed by atoms with Crippen LogP contribution in [0.25, 0.3) is 0 Å². The predicted octanol–water partition coefficient (Wildman–Crippen LogP) is 1.88. The van der Waals surface area contributed by atoms with Gasteiger partial charge in [0.15, 0.2) is 0 Å². The van der Waals surface area contributed by atoms with Crippen molar-refractivity contribution in [2.45, 2.75) is 13.3 Å². The molecule has 0 heterocycles. The molecule has 0 aliphatic carbocycles. The molecule has 0 aromatic heterocycles. The van der Waals surface area contributed by atoms with Crippen LogP contribution in [0.4, 0.5) is 5.69 Å². The van der Waals surface area contributed by atoms with Gasteiger partial charge < -0.3 is 4.90 Å². The lowest BCUT2D eigenvalue weighted by Crippen LogP contribution is -2.12. The van der Waals surface area contributed by atoms with Crippen molar-refractivity contribution in [3.05, 3.63) is 29.8 Å². The van der Waals surface area contributed by atoms with Crippen LogP contribution in [-0.2, 0) is 11.2 Å². The third-order valence-electron chi connectivity index (χ3n) is 1.91. The highest BCUT2D eigenvalue weighted by atomic mass is 16.1. The second-order valence-corrected chi connectivity index (χ2v) is 3.40. The maximum Gasteiger partial charge on any atom is 0.134 e. The molecule has 0 saturated carbocycles. The maximum atomic E-state index is 11.0. The van der Waals surface area contributed by atoms with E-state index in [2.05, 4.69) is 0 Å². The predicted molar refractivity (Wildman–Crippen MR) is 55.2 cm³/mol. The number of anilines is 1. The summed E-state index contributed by atoms with van der Waals surface area (Å²) >= 11 is 0. The summed E-state index contributed by atoms with van der Waals surface area (Å²) in [7, 11) is 3.97. The van der Waals surface area contributed by atoms with Crippen LogP contribution in [0.1, 0.15) is 12.5 Å². The smallest absolute Gasteiger partial charge is 0.134 e. The summed E-state index contributed by atoms with van der Waals surface area (Å²) in [5.74, 6) is 0.203. The molecule has 0 atom stereocenters. The van der Waals surface area contributed by atoms with E-state index in [0.29, 0.717) is 6.42 Å². The molecule has 0 aliphatic heterocycles. The van der Waals surface area contributed by atoms with Crippen molar-refractivity contribution >= 4 is 11.5 Å². The Hall–Kier alpha value is -1.31. The Kier molecular flexibility index (Phi) is 3.07. The minimum atomic E-state index is 0.203. The molecular formula is C11H15NO. The van der Waals surface area contributed by atoms with E-state index < -0.39 is 0 Å². The molecule has 2 nitrogen and oxygen atoms in total. The van der Waals surface area contributed by atoms with Crippen molar-refractivity contribution in [1.29, 1.82) is 0 Å². The van der Waals surface area contributed by atoms with Crippen molar-refractivity contribution in [3.63, 3.8) is 0 Å². The molecule has 0 fully saturated rings. The molecule has 1 rings (SSSR count). The number of hydrogen-bond donors (Lipinski definition) is 0. The molecule has 0 unspecified atom stereocenters. The number of Topliss-reactive ketones (excluding diaryl/α,β-unsaturated/α-hetero) is 1. The quantitative estimate of drug-likeness (QED) is 0.702. The fourth-order valence-corrected chi connectivity index (χ4v) is 1.36. The van der Waals surface area contributed by atoms with Crippen molar-refractivity contribution in [1.82, 2.24) is 0 Å². The number of benzene rings is 1. The lowest BCUT2D eigenvalue weighted by Gasteiger charge is -2.16. The average molecular weight is 177 g/mol. The van der Waals surface area contributed by atoms with E-state index in [9.17, 15) is 4.79 Å². The van der Waals surface area contributed by atoms with Crippen molar-refractivity contribution in [2.24, 2.45) is 0 Å². The Morgan fingerprint density at radius 3 is 2.46 bits per heavy atom. The van der Waals surface area contributed by atoms with E-state index in [1.165, 1.54) is 0 Å². The van der Waals surface area contributed by atoms with E-state index in [0.717, 1.165) is 11.3 Å². The van der Waals surface area contributed by atoms with Crippen LogP contribution in [0.2, 0.25) is 0 Å². The van der Waals surface area contributed by atoms with Gasteiger partial charge in [0.2, 0.25) is 0 Å². The lowest BCUT2D eigenvalue weighted by molar-refractivity contribution is -0.116. The van der Waals surface area contributed by atoms with E-state index in [-0.39, 0.29) is 5.78 Å². The SMILES string of the molecule is CC(=O)Cc1ccccc1N(C)C. The minimum Gasteiger partial charge on any atom is -0.377 e. The van der Waals surface area contributed by atoms with E-state index >= 15 is 0 Å². The van der Waals surface area contributed by atoms with Gasteiger partial charge in [-0.3, -0.25) is 4.79 Å². The molecule has 0 aliphatic rings. The highest BCUT2D eigenvalue weighted by Crippen LogP contribution is 2.18. The van der Waals surface area contributed by atoms with Gasteiger partial charge in [-0.05, 0) is 18.6 Å². The first-order valence-electron chi connectivity index (χ1n) is 4.36. The fourth-order valence-electron chi connectivity index (χ4n) is 1.36. The number of rotatable bonds is 3. The van der Waals surface area contributed by atoms with Crippen LogP contribution >= 0.6 is 0 Å². The Morgan fingerprint density at radius 1 is 1.31 bits per heavy atom. The number of ketones is 1. The highest BCUT2D eigenvalue weighted by molar-refractivity contribution is 5.80. The molecule has 1 aromatic carbocycles. The summed E-state index contributed by atoms with van der Waals surface area (Å²) < 4.78 is 0. The fraction of sp³-hybridized carbons (Fsp3) is 0.364. The molecule has 0 saturated heterocycles. The van der Waals surface area contributed by atoms with E-state index in [1.54, 1.807) is 6.92 Å². The first-order chi connectivity index (χ1) is 6.11. The van der Waals surface area contributed by atoms with Crippen LogP contribution in [0.15, 0.2) is 24.3 Å². The normalized spacial score (nSPS) is 9.77. The van der Waals surface area contributed by atoms with Crippen LogP contribution in [0, 0.1) is 0 Å². The Balaban J connectivity index is 2.97. The number of para-hydroxylation sites is 1. The molecule has 0 radical (unpaired) electrons. The molecule has 0 amide bonds. The van der Waals surface area contributed by atoms with Crippen LogP contribution in [-0.4, -0.2) is 19.9 Å². The number of nitrogens with zero attached hydrogens (tertiary/aromatic N) is 1. The van der Waals surface area contributed by atoms with Crippen LogP contribution in [0.3, 0.4) is 0 Å². The van der Waals surface area contributed by atoms with Crippen molar-refractivity contribution in [3.8, 4) is 0 Å². The number of carbonyl (C=O) groups is 1. The van der Waals surface area contributed by atoms with Gasteiger partial charge in [0, 0.05) is 26.2 Å². The van der Waals surface area contributed by atoms with Gasteiger partial charge in [-0.25, -0.2) is 0 Å². The van der Waals surface area contributed by atoms with E-state index in [1.807, 2.05) is 43.3 Å². The first-order valence-corrected chi connectivity index (χ1v) is 4.36. The molecule has 2 heteroatoms. The molecule has 1 aromatic rings. The molecule has 0 N–H and O–H groups in total. The second-order valence-electron chi connectivity index (χ2n) is 3.40. The summed E-state index contributed by atoms with van der Waals surface area (Å²) in [5.41, 5.74) is 2.22. The van der Waals surface area contributed by atoms with Crippen LogP contribution < -0.4 is 4.90 Å². The summed E-state index contributed by atoms with van der Waals surface area (Å²) in [6.07, 6.45) is 0.522. The minimum absolute atomic E-state index is 0.203.